The van der Waals surface area contributed by atoms with E-state index in [9.17, 15) is 0 Å². The van der Waals surface area contributed by atoms with E-state index in [0.29, 0.717) is 0 Å². The number of hydrogen-bond donors (Lipinski definition) is 0. The zero-order valence-electron chi connectivity index (χ0n) is 36.3. The first-order valence-electron chi connectivity index (χ1n) is 22.7. The highest BCUT2D eigenvalue weighted by Gasteiger charge is 2.36. The molecule has 0 N–H and O–H groups in total. The van der Waals surface area contributed by atoms with Crippen molar-refractivity contribution in [2.45, 2.75) is 19.3 Å². The summed E-state index contributed by atoms with van der Waals surface area (Å²) in [4.78, 5) is 2.49. The lowest BCUT2D eigenvalue weighted by molar-refractivity contribution is 0.660. The summed E-state index contributed by atoms with van der Waals surface area (Å²) in [5, 5.41) is 4.91. The molecule has 0 saturated heterocycles. The van der Waals surface area contributed by atoms with Crippen LogP contribution in [0.2, 0.25) is 0 Å². The Balaban J connectivity index is 1.07. The number of benzene rings is 10. The van der Waals surface area contributed by atoms with E-state index in [1.54, 1.807) is 0 Å². The minimum Gasteiger partial charge on any atom is -0.310 e. The van der Waals surface area contributed by atoms with E-state index < -0.39 is 0 Å². The molecule has 0 saturated carbocycles. The van der Waals surface area contributed by atoms with Gasteiger partial charge in [-0.25, -0.2) is 0 Å². The molecule has 65 heavy (non-hydrogen) atoms. The number of rotatable bonds is 6. The van der Waals surface area contributed by atoms with Gasteiger partial charge in [0.2, 0.25) is 0 Å². The first-order valence-corrected chi connectivity index (χ1v) is 22.7. The number of para-hydroxylation sites is 1. The van der Waals surface area contributed by atoms with Crippen molar-refractivity contribution in [3.05, 3.63) is 264 Å². The molecule has 1 heterocycles. The lowest BCUT2D eigenvalue weighted by Gasteiger charge is -2.29. The predicted octanol–water partition coefficient (Wildman–Crippen LogP) is 16.7. The Labute approximate surface area is 379 Å². The van der Waals surface area contributed by atoms with Crippen LogP contribution in [0.15, 0.2) is 231 Å². The molecule has 0 radical (unpaired) electrons. The molecule has 0 aliphatic heterocycles. The highest BCUT2D eigenvalue weighted by atomic mass is 15.1. The Hall–Kier alpha value is -8.20. The Morgan fingerprint density at radius 2 is 0.908 bits per heavy atom. The fourth-order valence-electron chi connectivity index (χ4n) is 11.2. The lowest BCUT2D eigenvalue weighted by Crippen LogP contribution is -2.16. The summed E-state index contributed by atoms with van der Waals surface area (Å²) in [6, 6.07) is 85.3. The highest BCUT2D eigenvalue weighted by molar-refractivity contribution is 6.15. The van der Waals surface area contributed by atoms with Crippen LogP contribution in [0.4, 0.5) is 17.1 Å². The Kier molecular flexibility index (Phi) is 8.29. The molecule has 13 rings (SSSR count). The maximum atomic E-state index is 2.49. The van der Waals surface area contributed by atoms with Crippen LogP contribution in [-0.4, -0.2) is 4.57 Å². The van der Waals surface area contributed by atoms with Gasteiger partial charge in [-0.1, -0.05) is 190 Å². The van der Waals surface area contributed by atoms with Crippen LogP contribution in [-0.2, 0) is 5.41 Å². The molecule has 0 spiro atoms. The molecule has 11 aromatic rings. The van der Waals surface area contributed by atoms with Gasteiger partial charge in [-0.2, -0.15) is 0 Å². The van der Waals surface area contributed by atoms with Gasteiger partial charge in [0.15, 0.2) is 0 Å². The SMILES string of the molecule is CC1(C)c2ccccc2-c2ccc(N(c3ccc4c(c3)C(=C(c3ccccc3)c3ccccc3)c3ccccc3-4)c3ccc4c(c3)c3ccccc3n4-c3cccc4ccccc34)cc21. The van der Waals surface area contributed by atoms with Crippen LogP contribution >= 0.6 is 0 Å². The van der Waals surface area contributed by atoms with E-state index in [4.69, 9.17) is 0 Å². The summed E-state index contributed by atoms with van der Waals surface area (Å²) < 4.78 is 2.45. The minimum absolute atomic E-state index is 0.154. The number of nitrogens with zero attached hydrogens (tertiary/aromatic N) is 2. The third kappa shape index (κ3) is 5.67. The van der Waals surface area contributed by atoms with Crippen molar-refractivity contribution < 1.29 is 0 Å². The van der Waals surface area contributed by atoms with E-state index in [2.05, 4.69) is 254 Å². The van der Waals surface area contributed by atoms with Crippen molar-refractivity contribution >= 4 is 60.8 Å². The van der Waals surface area contributed by atoms with E-state index in [-0.39, 0.29) is 5.41 Å². The van der Waals surface area contributed by atoms with E-state index >= 15 is 0 Å². The second kappa shape index (κ2) is 14.4. The van der Waals surface area contributed by atoms with Crippen LogP contribution in [0, 0.1) is 0 Å². The Morgan fingerprint density at radius 1 is 0.369 bits per heavy atom. The van der Waals surface area contributed by atoms with Crippen LogP contribution < -0.4 is 4.90 Å². The third-order valence-corrected chi connectivity index (χ3v) is 14.1. The van der Waals surface area contributed by atoms with Gasteiger partial charge in [0.05, 0.1) is 16.7 Å². The monoisotopic (exact) mass is 828 g/mol. The molecule has 0 unspecified atom stereocenters. The van der Waals surface area contributed by atoms with Gasteiger partial charge in [0, 0.05) is 38.6 Å². The highest BCUT2D eigenvalue weighted by Crippen LogP contribution is 2.53. The van der Waals surface area contributed by atoms with Crippen molar-refractivity contribution in [3.63, 3.8) is 0 Å². The number of hydrogen-bond acceptors (Lipinski definition) is 1. The molecular weight excluding hydrogens is 785 g/mol. The summed E-state index contributed by atoms with van der Waals surface area (Å²) in [6.45, 7) is 4.75. The maximum Gasteiger partial charge on any atom is 0.0542 e. The number of fused-ring (bicyclic) bond motifs is 10. The van der Waals surface area contributed by atoms with Crippen molar-refractivity contribution in [2.75, 3.05) is 4.90 Å². The van der Waals surface area contributed by atoms with Crippen LogP contribution in [0.25, 0.3) is 71.7 Å². The first kappa shape index (κ1) is 37.4. The topological polar surface area (TPSA) is 8.17 Å². The zero-order chi connectivity index (χ0) is 43.2. The van der Waals surface area contributed by atoms with Crippen molar-refractivity contribution in [1.82, 2.24) is 4.57 Å². The minimum atomic E-state index is -0.154. The molecule has 2 aliphatic rings. The molecule has 2 nitrogen and oxygen atoms in total. The van der Waals surface area contributed by atoms with Gasteiger partial charge in [-0.15, -0.1) is 0 Å². The van der Waals surface area contributed by atoms with Gasteiger partial charge in [0.1, 0.15) is 0 Å². The summed E-state index contributed by atoms with van der Waals surface area (Å²) >= 11 is 0. The average molecular weight is 829 g/mol. The first-order chi connectivity index (χ1) is 32.0. The van der Waals surface area contributed by atoms with Crippen molar-refractivity contribution in [2.24, 2.45) is 0 Å². The molecule has 306 valence electrons. The molecular formula is C63H44N2. The standard InChI is InChI=1S/C63H44N2/c1-63(2)56-29-15-13-26-50(56)51-36-33-46(40-57(51)63)64(45-34-37-60-54(38-45)52-27-14-16-30-59(52)65(60)58-31-17-23-41-18-9-10-24-47(41)58)44-32-35-49-48-25-11-12-28-53(48)62(55(49)39-44)61(42-19-5-3-6-20-42)43-21-7-4-8-22-43/h3-40H,1-2H3. The maximum absolute atomic E-state index is 2.49. The van der Waals surface area contributed by atoms with Crippen LogP contribution in [0.1, 0.15) is 47.2 Å². The van der Waals surface area contributed by atoms with Gasteiger partial charge in [0.25, 0.3) is 0 Å². The average Bonchev–Trinajstić information content (AvgIpc) is 3.94. The molecule has 2 aliphatic carbocycles. The van der Waals surface area contributed by atoms with Gasteiger partial charge in [-0.05, 0) is 127 Å². The number of anilines is 3. The van der Waals surface area contributed by atoms with E-state index in [1.807, 2.05) is 0 Å². The van der Waals surface area contributed by atoms with E-state index in [1.165, 1.54) is 105 Å². The van der Waals surface area contributed by atoms with Crippen molar-refractivity contribution in [1.29, 1.82) is 0 Å². The summed E-state index contributed by atoms with van der Waals surface area (Å²) in [6.07, 6.45) is 0. The predicted molar refractivity (Wildman–Crippen MR) is 274 cm³/mol. The third-order valence-electron chi connectivity index (χ3n) is 14.1. The molecule has 2 heteroatoms. The van der Waals surface area contributed by atoms with Crippen molar-refractivity contribution in [3.8, 4) is 27.9 Å². The normalized spacial score (nSPS) is 13.2. The second-order valence-electron chi connectivity index (χ2n) is 18.0. The van der Waals surface area contributed by atoms with E-state index in [0.717, 1.165) is 17.1 Å². The molecule has 10 aromatic carbocycles. The summed E-state index contributed by atoms with van der Waals surface area (Å²) in [5.41, 5.74) is 22.0. The zero-order valence-corrected chi connectivity index (χ0v) is 36.3. The number of aromatic nitrogens is 1. The fraction of sp³-hybridized carbons (Fsp3) is 0.0476. The van der Waals surface area contributed by atoms with Gasteiger partial charge < -0.3 is 9.47 Å². The molecule has 0 atom stereocenters. The smallest absolute Gasteiger partial charge is 0.0542 e. The van der Waals surface area contributed by atoms with Gasteiger partial charge >= 0.3 is 0 Å². The quantitative estimate of drug-likeness (QED) is 0.162. The largest absolute Gasteiger partial charge is 0.310 e. The van der Waals surface area contributed by atoms with Crippen LogP contribution in [0.5, 0.6) is 0 Å². The lowest BCUT2D eigenvalue weighted by atomic mass is 9.82. The summed E-state index contributed by atoms with van der Waals surface area (Å²) in [5.74, 6) is 0. The molecule has 0 amide bonds. The second-order valence-corrected chi connectivity index (χ2v) is 18.0. The fourth-order valence-corrected chi connectivity index (χ4v) is 11.2. The summed E-state index contributed by atoms with van der Waals surface area (Å²) in [7, 11) is 0. The van der Waals surface area contributed by atoms with Crippen LogP contribution in [0.3, 0.4) is 0 Å². The van der Waals surface area contributed by atoms with Gasteiger partial charge in [-0.3, -0.25) is 0 Å². The molecule has 0 fully saturated rings. The molecule has 1 aromatic heterocycles. The Morgan fingerprint density at radius 3 is 1.69 bits per heavy atom. The molecule has 0 bridgehead atoms. The Bertz CT molecular complexity index is 3690.